The molecule has 0 aromatic carbocycles. The summed E-state index contributed by atoms with van der Waals surface area (Å²) >= 11 is 7.92. The fraction of sp³-hybridized carbons (Fsp3) is 0.667. The SMILES string of the molecule is CSSC.S=C=S. The van der Waals surface area contributed by atoms with Crippen LogP contribution in [0.5, 0.6) is 0 Å². The third kappa shape index (κ3) is 45.4. The third-order valence-electron chi connectivity index (χ3n) is 0.167. The Morgan fingerprint density at radius 2 is 1.29 bits per heavy atom. The van der Waals surface area contributed by atoms with Gasteiger partial charge in [0, 0.05) is 4.31 Å². The van der Waals surface area contributed by atoms with Gasteiger partial charge in [0.25, 0.3) is 0 Å². The first-order valence-corrected chi connectivity index (χ1v) is 5.17. The van der Waals surface area contributed by atoms with Crippen LogP contribution in [0.25, 0.3) is 0 Å². The molecule has 0 amide bonds. The van der Waals surface area contributed by atoms with Crippen molar-refractivity contribution in [2.24, 2.45) is 0 Å². The second-order valence-electron chi connectivity index (χ2n) is 0.417. The van der Waals surface area contributed by atoms with Gasteiger partial charge in [-0.05, 0) is 36.9 Å². The minimum atomic E-state index is 1.77. The van der Waals surface area contributed by atoms with Crippen molar-refractivity contribution in [1.29, 1.82) is 0 Å². The maximum absolute atomic E-state index is 3.96. The zero-order valence-electron chi connectivity index (χ0n) is 4.13. The molecule has 0 nitrogen and oxygen atoms in total. The monoisotopic (exact) mass is 170 g/mol. The second-order valence-corrected chi connectivity index (χ2v) is 3.75. The van der Waals surface area contributed by atoms with E-state index in [-0.39, 0.29) is 0 Å². The Morgan fingerprint density at radius 1 is 1.14 bits per heavy atom. The van der Waals surface area contributed by atoms with Crippen LogP contribution in [0.4, 0.5) is 0 Å². The van der Waals surface area contributed by atoms with Crippen molar-refractivity contribution < 1.29 is 0 Å². The molecule has 0 bridgehead atoms. The van der Waals surface area contributed by atoms with Crippen molar-refractivity contribution in [1.82, 2.24) is 0 Å². The van der Waals surface area contributed by atoms with E-state index in [2.05, 4.69) is 36.9 Å². The van der Waals surface area contributed by atoms with Crippen LogP contribution in [0.15, 0.2) is 0 Å². The molecule has 0 rings (SSSR count). The smallest absolute Gasteiger partial charge is 0.0297 e. The van der Waals surface area contributed by atoms with Crippen molar-refractivity contribution in [3.63, 3.8) is 0 Å². The molecular weight excluding hydrogens is 164 g/mol. The summed E-state index contributed by atoms with van der Waals surface area (Å²) < 4.78 is 1.92. The fourth-order valence-corrected chi connectivity index (χ4v) is 0. The Hall–Kier alpha value is 0.920. The lowest BCUT2D eigenvalue weighted by atomic mass is 12.0. The van der Waals surface area contributed by atoms with Crippen molar-refractivity contribution in [3.05, 3.63) is 0 Å². The Morgan fingerprint density at radius 3 is 1.29 bits per heavy atom. The van der Waals surface area contributed by atoms with Gasteiger partial charge in [-0.15, -0.1) is 0 Å². The number of hydrogen-bond acceptors (Lipinski definition) is 4. The van der Waals surface area contributed by atoms with E-state index in [1.54, 1.807) is 21.6 Å². The summed E-state index contributed by atoms with van der Waals surface area (Å²) in [5.74, 6) is 0. The van der Waals surface area contributed by atoms with Crippen LogP contribution >= 0.6 is 46.0 Å². The van der Waals surface area contributed by atoms with Crippen molar-refractivity contribution in [2.75, 3.05) is 12.5 Å². The number of thiocarbonyl (C=S) groups is 2. The minimum Gasteiger partial charge on any atom is -0.0979 e. The van der Waals surface area contributed by atoms with Crippen molar-refractivity contribution in [2.45, 2.75) is 0 Å². The molecule has 0 atom stereocenters. The molecule has 0 aromatic heterocycles. The summed E-state index contributed by atoms with van der Waals surface area (Å²) in [5, 5.41) is 0. The van der Waals surface area contributed by atoms with Gasteiger partial charge >= 0.3 is 0 Å². The first-order chi connectivity index (χ1) is 3.33. The van der Waals surface area contributed by atoms with Crippen LogP contribution in [-0.2, 0) is 0 Å². The van der Waals surface area contributed by atoms with E-state index in [4.69, 9.17) is 0 Å². The second kappa shape index (κ2) is 15.8. The van der Waals surface area contributed by atoms with Gasteiger partial charge in [0.15, 0.2) is 0 Å². The Balaban J connectivity index is 0. The van der Waals surface area contributed by atoms with Gasteiger partial charge in [0.2, 0.25) is 0 Å². The summed E-state index contributed by atoms with van der Waals surface area (Å²) in [6.07, 6.45) is 4.12. The molecule has 0 saturated carbocycles. The molecule has 42 valence electrons. The predicted molar refractivity (Wildman–Crippen MR) is 47.2 cm³/mol. The molecule has 0 N–H and O–H groups in total. The van der Waals surface area contributed by atoms with Crippen LogP contribution in [0, 0.1) is 0 Å². The minimum absolute atomic E-state index is 1.77. The number of hydrogen-bond donors (Lipinski definition) is 0. The normalized spacial score (nSPS) is 5.43. The fourth-order valence-electron chi connectivity index (χ4n) is 0. The van der Waals surface area contributed by atoms with Crippen LogP contribution < -0.4 is 0 Å². The maximum Gasteiger partial charge on any atom is 0.0297 e. The first kappa shape index (κ1) is 10.8. The van der Waals surface area contributed by atoms with E-state index >= 15 is 0 Å². The standard InChI is InChI=1S/C2H6S2.CS2/c1-3-4-2;2-1-3/h1-2H3;. The third-order valence-corrected chi connectivity index (χ3v) is 1.50. The largest absolute Gasteiger partial charge is 0.0979 e. The number of rotatable bonds is 1. The van der Waals surface area contributed by atoms with Gasteiger partial charge in [-0.3, -0.25) is 0 Å². The lowest BCUT2D eigenvalue weighted by Gasteiger charge is -1.69. The lowest BCUT2D eigenvalue weighted by molar-refractivity contribution is 2.51. The molecule has 0 saturated heterocycles. The van der Waals surface area contributed by atoms with Gasteiger partial charge < -0.3 is 0 Å². The molecular formula is C3H6S4. The summed E-state index contributed by atoms with van der Waals surface area (Å²) in [6, 6.07) is 0. The van der Waals surface area contributed by atoms with Gasteiger partial charge in [0.05, 0.1) is 0 Å². The Kier molecular flexibility index (Phi) is 24.4. The summed E-state index contributed by atoms with van der Waals surface area (Å²) in [4.78, 5) is 0. The molecule has 4 heteroatoms. The molecule has 0 heterocycles. The molecule has 0 fully saturated rings. The van der Waals surface area contributed by atoms with E-state index in [1.165, 1.54) is 0 Å². The van der Waals surface area contributed by atoms with E-state index < -0.39 is 0 Å². The molecule has 0 spiro atoms. The van der Waals surface area contributed by atoms with Gasteiger partial charge in [-0.25, -0.2) is 0 Å². The average molecular weight is 170 g/mol. The molecule has 0 unspecified atom stereocenters. The zero-order valence-corrected chi connectivity index (χ0v) is 7.40. The van der Waals surface area contributed by atoms with E-state index in [0.29, 0.717) is 0 Å². The maximum atomic E-state index is 3.96. The van der Waals surface area contributed by atoms with Crippen molar-refractivity contribution >= 4 is 50.3 Å². The molecule has 0 radical (unpaired) electrons. The lowest BCUT2D eigenvalue weighted by Crippen LogP contribution is -1.28. The summed E-state index contributed by atoms with van der Waals surface area (Å²) in [7, 11) is 3.55. The molecule has 0 aliphatic heterocycles. The molecule has 7 heavy (non-hydrogen) atoms. The van der Waals surface area contributed by atoms with Gasteiger partial charge in [0.1, 0.15) is 0 Å². The zero-order chi connectivity index (χ0) is 6.12. The highest BCUT2D eigenvalue weighted by Crippen LogP contribution is 2.09. The Bertz CT molecular complexity index is 42.9. The van der Waals surface area contributed by atoms with Crippen LogP contribution in [0.3, 0.4) is 0 Å². The Labute approximate surface area is 62.8 Å². The summed E-state index contributed by atoms with van der Waals surface area (Å²) in [6.45, 7) is 0. The van der Waals surface area contributed by atoms with Gasteiger partial charge in [-0.1, -0.05) is 21.6 Å². The highest BCUT2D eigenvalue weighted by molar-refractivity contribution is 8.76. The van der Waals surface area contributed by atoms with Crippen LogP contribution in [-0.4, -0.2) is 16.8 Å². The van der Waals surface area contributed by atoms with E-state index in [1.807, 2.05) is 4.31 Å². The summed E-state index contributed by atoms with van der Waals surface area (Å²) in [5.41, 5.74) is 0. The van der Waals surface area contributed by atoms with E-state index in [9.17, 15) is 0 Å². The molecule has 0 aliphatic rings. The molecule has 0 aliphatic carbocycles. The quantitative estimate of drug-likeness (QED) is 0.438. The topological polar surface area (TPSA) is 0 Å². The predicted octanol–water partition coefficient (Wildman–Crippen LogP) is 2.65. The highest BCUT2D eigenvalue weighted by Gasteiger charge is 1.55. The first-order valence-electron chi connectivity index (χ1n) is 1.39. The van der Waals surface area contributed by atoms with Crippen LogP contribution in [0.1, 0.15) is 0 Å². The highest BCUT2D eigenvalue weighted by atomic mass is 33.1. The van der Waals surface area contributed by atoms with Gasteiger partial charge in [-0.2, -0.15) is 0 Å². The molecule has 0 aromatic rings. The van der Waals surface area contributed by atoms with E-state index in [0.717, 1.165) is 0 Å². The van der Waals surface area contributed by atoms with Crippen molar-refractivity contribution in [3.8, 4) is 0 Å². The average Bonchev–Trinajstić information content (AvgIpc) is 1.69. The van der Waals surface area contributed by atoms with Crippen LogP contribution in [0.2, 0.25) is 0 Å².